The summed E-state index contributed by atoms with van der Waals surface area (Å²) in [6.07, 6.45) is 5.18. The zero-order valence-electron chi connectivity index (χ0n) is 17.9. The van der Waals surface area contributed by atoms with Crippen LogP contribution in [0, 0.1) is 12.8 Å². The van der Waals surface area contributed by atoms with E-state index < -0.39 is 0 Å². The Morgan fingerprint density at radius 3 is 2.68 bits per heavy atom. The molecule has 0 spiro atoms. The second-order valence-electron chi connectivity index (χ2n) is 7.87. The van der Waals surface area contributed by atoms with Gasteiger partial charge in [-0.15, -0.1) is 0 Å². The molecule has 0 bridgehead atoms. The van der Waals surface area contributed by atoms with Gasteiger partial charge in [-0.25, -0.2) is 4.98 Å². The lowest BCUT2D eigenvalue weighted by Crippen LogP contribution is -2.44. The first kappa shape index (κ1) is 22.5. The number of oxazole rings is 1. The van der Waals surface area contributed by atoms with Crippen molar-refractivity contribution < 1.29 is 23.9 Å². The molecule has 10 heteroatoms. The SMILES string of the molecule is CCc1ocnc1C(=O)NC1CCC(C(=O)N2CCn3nc(C)cc3C2)CC1.O=CO. The molecule has 0 radical (unpaired) electrons. The smallest absolute Gasteiger partial charge is 0.290 e. The Labute approximate surface area is 180 Å². The van der Waals surface area contributed by atoms with Crippen molar-refractivity contribution in [2.75, 3.05) is 6.54 Å². The molecular weight excluding hydrogens is 402 g/mol. The number of rotatable bonds is 4. The van der Waals surface area contributed by atoms with Crippen LogP contribution in [0.1, 0.15) is 60.2 Å². The Bertz CT molecular complexity index is 913. The van der Waals surface area contributed by atoms with Crippen LogP contribution >= 0.6 is 0 Å². The Hall–Kier alpha value is -3.17. The van der Waals surface area contributed by atoms with Crippen LogP contribution in [0.25, 0.3) is 0 Å². The van der Waals surface area contributed by atoms with Crippen LogP contribution in [0.15, 0.2) is 16.9 Å². The van der Waals surface area contributed by atoms with E-state index in [2.05, 4.69) is 21.5 Å². The molecule has 168 valence electrons. The number of hydrogen-bond donors (Lipinski definition) is 2. The van der Waals surface area contributed by atoms with Crippen LogP contribution in [-0.4, -0.2) is 55.6 Å². The molecule has 2 aromatic rings. The quantitative estimate of drug-likeness (QED) is 0.706. The highest BCUT2D eigenvalue weighted by atomic mass is 16.3. The summed E-state index contributed by atoms with van der Waals surface area (Å²) in [6, 6.07) is 2.14. The van der Waals surface area contributed by atoms with E-state index in [-0.39, 0.29) is 30.2 Å². The third-order valence-corrected chi connectivity index (χ3v) is 5.82. The molecule has 0 aromatic carbocycles. The molecule has 2 amide bonds. The van der Waals surface area contributed by atoms with Gasteiger partial charge in [0.15, 0.2) is 12.1 Å². The molecule has 31 heavy (non-hydrogen) atoms. The van der Waals surface area contributed by atoms with Gasteiger partial charge in [0, 0.05) is 24.9 Å². The Balaban J connectivity index is 0.000000858. The first-order valence-corrected chi connectivity index (χ1v) is 10.6. The monoisotopic (exact) mass is 431 g/mol. The number of nitrogens with one attached hydrogen (secondary N) is 1. The fraction of sp³-hybridized carbons (Fsp3) is 0.571. The Kier molecular flexibility index (Phi) is 7.43. The molecule has 10 nitrogen and oxygen atoms in total. The molecule has 3 heterocycles. The van der Waals surface area contributed by atoms with Gasteiger partial charge in [-0.05, 0) is 38.7 Å². The van der Waals surface area contributed by atoms with Crippen LogP contribution in [0.2, 0.25) is 0 Å². The van der Waals surface area contributed by atoms with E-state index in [1.165, 1.54) is 6.39 Å². The number of aromatic nitrogens is 3. The van der Waals surface area contributed by atoms with Crippen molar-refractivity contribution in [3.05, 3.63) is 35.3 Å². The van der Waals surface area contributed by atoms with Crippen LogP contribution < -0.4 is 5.32 Å². The van der Waals surface area contributed by atoms with E-state index in [4.69, 9.17) is 14.3 Å². The van der Waals surface area contributed by atoms with Crippen molar-refractivity contribution >= 4 is 18.3 Å². The van der Waals surface area contributed by atoms with Crippen molar-refractivity contribution in [1.82, 2.24) is 25.0 Å². The predicted octanol–water partition coefficient (Wildman–Crippen LogP) is 1.77. The maximum absolute atomic E-state index is 13.0. The molecular formula is C21H29N5O5. The van der Waals surface area contributed by atoms with Crippen molar-refractivity contribution in [1.29, 1.82) is 0 Å². The van der Waals surface area contributed by atoms with Gasteiger partial charge in [0.2, 0.25) is 5.91 Å². The number of nitrogens with zero attached hydrogens (tertiary/aromatic N) is 4. The molecule has 0 unspecified atom stereocenters. The molecule has 1 aliphatic carbocycles. The zero-order valence-corrected chi connectivity index (χ0v) is 17.9. The van der Waals surface area contributed by atoms with E-state index in [1.54, 1.807) is 0 Å². The molecule has 0 saturated heterocycles. The Morgan fingerprint density at radius 2 is 2.00 bits per heavy atom. The number of fused-ring (bicyclic) bond motifs is 1. The summed E-state index contributed by atoms with van der Waals surface area (Å²) in [6.45, 7) is 5.79. The summed E-state index contributed by atoms with van der Waals surface area (Å²) in [7, 11) is 0. The van der Waals surface area contributed by atoms with Gasteiger partial charge in [-0.3, -0.25) is 19.1 Å². The topological polar surface area (TPSA) is 131 Å². The fourth-order valence-electron chi connectivity index (χ4n) is 4.30. The number of aryl methyl sites for hydroxylation is 2. The number of amides is 2. The average Bonchev–Trinajstić information content (AvgIpc) is 3.39. The van der Waals surface area contributed by atoms with Gasteiger partial charge in [0.1, 0.15) is 5.76 Å². The molecule has 4 rings (SSSR count). The van der Waals surface area contributed by atoms with Crippen LogP contribution in [0.5, 0.6) is 0 Å². The lowest BCUT2D eigenvalue weighted by atomic mass is 9.85. The van der Waals surface area contributed by atoms with Gasteiger partial charge in [0.25, 0.3) is 12.4 Å². The number of carboxylic acid groups (broad SMARTS) is 1. The molecule has 1 aliphatic heterocycles. The average molecular weight is 431 g/mol. The van der Waals surface area contributed by atoms with Gasteiger partial charge in [0.05, 0.1) is 24.5 Å². The summed E-state index contributed by atoms with van der Waals surface area (Å²) in [5, 5.41) is 14.4. The molecule has 2 N–H and O–H groups in total. The van der Waals surface area contributed by atoms with Gasteiger partial charge >= 0.3 is 0 Å². The van der Waals surface area contributed by atoms with Crippen molar-refractivity contribution in [2.24, 2.45) is 5.92 Å². The van der Waals surface area contributed by atoms with Crippen molar-refractivity contribution in [3.63, 3.8) is 0 Å². The van der Waals surface area contributed by atoms with E-state index in [9.17, 15) is 9.59 Å². The summed E-state index contributed by atoms with van der Waals surface area (Å²) >= 11 is 0. The summed E-state index contributed by atoms with van der Waals surface area (Å²) < 4.78 is 7.24. The normalized spacial score (nSPS) is 20.3. The third-order valence-electron chi connectivity index (χ3n) is 5.82. The molecule has 0 atom stereocenters. The second kappa shape index (κ2) is 10.2. The molecule has 2 aromatic heterocycles. The van der Waals surface area contributed by atoms with Crippen LogP contribution in [0.3, 0.4) is 0 Å². The highest BCUT2D eigenvalue weighted by Gasteiger charge is 2.32. The van der Waals surface area contributed by atoms with E-state index >= 15 is 0 Å². The van der Waals surface area contributed by atoms with Crippen LogP contribution in [0.4, 0.5) is 0 Å². The third kappa shape index (κ3) is 5.31. The Morgan fingerprint density at radius 1 is 1.29 bits per heavy atom. The highest BCUT2D eigenvalue weighted by molar-refractivity contribution is 5.93. The number of hydrogen-bond acceptors (Lipinski definition) is 6. The lowest BCUT2D eigenvalue weighted by Gasteiger charge is -2.34. The van der Waals surface area contributed by atoms with E-state index in [0.717, 1.165) is 50.2 Å². The second-order valence-corrected chi connectivity index (χ2v) is 7.87. The minimum atomic E-state index is -0.250. The van der Waals surface area contributed by atoms with Gasteiger partial charge < -0.3 is 19.7 Å². The fourth-order valence-corrected chi connectivity index (χ4v) is 4.30. The first-order chi connectivity index (χ1) is 15.0. The molecule has 2 aliphatic rings. The molecule has 1 saturated carbocycles. The van der Waals surface area contributed by atoms with Gasteiger partial charge in [-0.2, -0.15) is 5.10 Å². The molecule has 1 fully saturated rings. The highest BCUT2D eigenvalue weighted by Crippen LogP contribution is 2.28. The minimum absolute atomic E-state index is 0.0435. The summed E-state index contributed by atoms with van der Waals surface area (Å²) in [5.74, 6) is 0.711. The predicted molar refractivity (Wildman–Crippen MR) is 110 cm³/mol. The standard InChI is InChI=1S/C20H27N5O3.CH2O2/c1-3-17-18(21-12-28-17)19(26)22-15-6-4-14(5-7-15)20(27)24-8-9-25-16(11-24)10-13(2)23-25;2-1-3/h10,12,14-15H,3-9,11H2,1-2H3,(H,22,26);1H,(H,2,3). The zero-order chi connectivity index (χ0) is 22.4. The van der Waals surface area contributed by atoms with Crippen molar-refractivity contribution in [2.45, 2.75) is 65.1 Å². The largest absolute Gasteiger partial charge is 0.483 e. The maximum atomic E-state index is 13.0. The minimum Gasteiger partial charge on any atom is -0.483 e. The number of carbonyl (C=O) groups is 3. The van der Waals surface area contributed by atoms with Crippen molar-refractivity contribution in [3.8, 4) is 0 Å². The van der Waals surface area contributed by atoms with E-state index in [1.807, 2.05) is 23.4 Å². The van der Waals surface area contributed by atoms with E-state index in [0.29, 0.717) is 24.4 Å². The summed E-state index contributed by atoms with van der Waals surface area (Å²) in [4.78, 5) is 39.7. The lowest BCUT2D eigenvalue weighted by molar-refractivity contribution is -0.138. The first-order valence-electron chi connectivity index (χ1n) is 10.6. The summed E-state index contributed by atoms with van der Waals surface area (Å²) in [5.41, 5.74) is 2.48. The number of carbonyl (C=O) groups excluding carboxylic acids is 2. The van der Waals surface area contributed by atoms with Crippen LogP contribution in [-0.2, 0) is 29.1 Å². The maximum Gasteiger partial charge on any atom is 0.290 e. The van der Waals surface area contributed by atoms with Gasteiger partial charge in [-0.1, -0.05) is 6.92 Å².